The number of carbonyl (C=O) groups is 1. The minimum atomic E-state index is -1.06. The van der Waals surface area contributed by atoms with Crippen LogP contribution in [0.1, 0.15) is 47.0 Å². The molecule has 2 fully saturated rings. The molecule has 198 valence electrons. The number of hydrogen-bond acceptors (Lipinski definition) is 6. The smallest absolute Gasteiger partial charge is 0.354 e. The van der Waals surface area contributed by atoms with Gasteiger partial charge in [-0.25, -0.2) is 14.2 Å². The summed E-state index contributed by atoms with van der Waals surface area (Å²) < 4.78 is 28.3. The second-order valence-corrected chi connectivity index (χ2v) is 10.6. The summed E-state index contributed by atoms with van der Waals surface area (Å²) in [6, 6.07) is 8.92. The first-order chi connectivity index (χ1) is 18.4. The Morgan fingerprint density at radius 1 is 1.18 bits per heavy atom. The van der Waals surface area contributed by atoms with Crippen molar-refractivity contribution in [2.75, 3.05) is 24.6 Å². The lowest BCUT2D eigenvalue weighted by Gasteiger charge is -2.36. The maximum absolute atomic E-state index is 15.0. The number of piperidine rings is 1. The summed E-state index contributed by atoms with van der Waals surface area (Å²) in [6.07, 6.45) is 4.45. The third-order valence-electron chi connectivity index (χ3n) is 7.26. The van der Waals surface area contributed by atoms with Crippen molar-refractivity contribution >= 4 is 40.5 Å². The van der Waals surface area contributed by atoms with Crippen LogP contribution in [-0.2, 0) is 11.3 Å². The number of halogens is 3. The number of carboxylic acids is 1. The first kappa shape index (κ1) is 25.2. The van der Waals surface area contributed by atoms with Crippen LogP contribution in [0.25, 0.3) is 16.9 Å². The number of benzene rings is 1. The van der Waals surface area contributed by atoms with E-state index >= 15 is 0 Å². The number of imidazole rings is 1. The number of aromatic nitrogens is 3. The predicted octanol–water partition coefficient (Wildman–Crippen LogP) is 6.25. The van der Waals surface area contributed by atoms with E-state index in [2.05, 4.69) is 15.0 Å². The predicted molar refractivity (Wildman–Crippen MR) is 141 cm³/mol. The Bertz CT molecular complexity index is 1480. The summed E-state index contributed by atoms with van der Waals surface area (Å²) in [4.78, 5) is 17.7. The summed E-state index contributed by atoms with van der Waals surface area (Å²) in [6.45, 7) is 1.37. The Hall–Kier alpha value is -3.14. The van der Waals surface area contributed by atoms with Gasteiger partial charge in [0.1, 0.15) is 23.3 Å². The largest absolute Gasteiger partial charge is 0.477 e. The van der Waals surface area contributed by atoms with E-state index < -0.39 is 12.1 Å². The van der Waals surface area contributed by atoms with Crippen LogP contribution in [0.5, 0.6) is 0 Å². The Kier molecular flexibility index (Phi) is 6.75. The normalized spacial score (nSPS) is 19.8. The van der Waals surface area contributed by atoms with Gasteiger partial charge in [0.2, 0.25) is 0 Å². The third-order valence-corrected chi connectivity index (χ3v) is 7.89. The number of carboxylic acid groups (broad SMARTS) is 1. The Morgan fingerprint density at radius 3 is 2.71 bits per heavy atom. The zero-order chi connectivity index (χ0) is 26.4. The average molecular weight is 559 g/mol. The van der Waals surface area contributed by atoms with E-state index in [0.29, 0.717) is 52.4 Å². The lowest BCUT2D eigenvalue weighted by atomic mass is 9.96. The highest BCUT2D eigenvalue weighted by molar-refractivity contribution is 6.39. The Balaban J connectivity index is 1.18. The molecule has 0 bridgehead atoms. The molecule has 1 aliphatic carbocycles. The minimum absolute atomic E-state index is 0.0803. The van der Waals surface area contributed by atoms with Crippen LogP contribution in [0.2, 0.25) is 10.0 Å². The summed E-state index contributed by atoms with van der Waals surface area (Å²) >= 11 is 12.9. The van der Waals surface area contributed by atoms with Gasteiger partial charge in [-0.1, -0.05) is 34.4 Å². The maximum Gasteiger partial charge on any atom is 0.354 e. The highest BCUT2D eigenvalue weighted by Gasteiger charge is 2.34. The van der Waals surface area contributed by atoms with Crippen LogP contribution in [-0.4, -0.2) is 51.5 Å². The molecular formula is C27H25Cl2FN4O4. The molecule has 1 aromatic carbocycles. The number of anilines is 1. The Morgan fingerprint density at radius 2 is 1.97 bits per heavy atom. The second-order valence-electron chi connectivity index (χ2n) is 9.83. The SMILES string of the molecule is O=C(O)c1cnc2ccc(N3CCC(F)C(COCc4c(-c5c(Cl)cccc5Cl)noc4C4CC4)C3)cn12. The van der Waals surface area contributed by atoms with Crippen LogP contribution in [0.15, 0.2) is 47.2 Å². The standard InChI is InChI=1S/C27H25Cl2FN4O4/c28-19-2-1-3-20(29)24(19)25-18(26(38-32-25)15-4-5-15)14-37-13-16-11-33(9-8-21(16)30)17-6-7-23-31-10-22(27(35)36)34(23)12-17/h1-3,6-7,10,12,15-16,21H,4-5,8-9,11,13-14H2,(H,35,36). The van der Waals surface area contributed by atoms with Crippen molar-refractivity contribution < 1.29 is 23.6 Å². The first-order valence-electron chi connectivity index (χ1n) is 12.5. The van der Waals surface area contributed by atoms with Crippen molar-refractivity contribution in [3.05, 3.63) is 69.8 Å². The number of alkyl halides is 1. The van der Waals surface area contributed by atoms with Gasteiger partial charge in [-0.3, -0.25) is 4.40 Å². The highest BCUT2D eigenvalue weighted by Crippen LogP contribution is 2.46. The van der Waals surface area contributed by atoms with E-state index in [1.165, 1.54) is 10.6 Å². The van der Waals surface area contributed by atoms with Crippen LogP contribution < -0.4 is 4.90 Å². The molecule has 0 radical (unpaired) electrons. The monoisotopic (exact) mass is 558 g/mol. The molecule has 1 N–H and O–H groups in total. The second kappa shape index (κ2) is 10.2. The molecule has 1 saturated carbocycles. The molecule has 8 nitrogen and oxygen atoms in total. The van der Waals surface area contributed by atoms with Crippen molar-refractivity contribution in [1.82, 2.24) is 14.5 Å². The van der Waals surface area contributed by atoms with Gasteiger partial charge in [0.25, 0.3) is 0 Å². The Labute approximate surface area is 227 Å². The fraction of sp³-hybridized carbons (Fsp3) is 0.370. The molecular weight excluding hydrogens is 534 g/mol. The van der Waals surface area contributed by atoms with Gasteiger partial charge in [-0.15, -0.1) is 0 Å². The number of nitrogens with zero attached hydrogens (tertiary/aromatic N) is 4. The van der Waals surface area contributed by atoms with Crippen LogP contribution in [0.3, 0.4) is 0 Å². The molecule has 1 saturated heterocycles. The molecule has 0 amide bonds. The van der Waals surface area contributed by atoms with Gasteiger partial charge in [-0.05, 0) is 43.5 Å². The molecule has 2 aliphatic rings. The zero-order valence-electron chi connectivity index (χ0n) is 20.3. The molecule has 0 spiro atoms. The van der Waals surface area contributed by atoms with Gasteiger partial charge >= 0.3 is 5.97 Å². The number of ether oxygens (including phenoxy) is 1. The van der Waals surface area contributed by atoms with E-state index in [4.69, 9.17) is 32.5 Å². The molecule has 11 heteroatoms. The van der Waals surface area contributed by atoms with Crippen molar-refractivity contribution in [3.63, 3.8) is 0 Å². The summed E-state index contributed by atoms with van der Waals surface area (Å²) in [5, 5.41) is 14.7. The number of rotatable bonds is 8. The van der Waals surface area contributed by atoms with Gasteiger partial charge in [0, 0.05) is 42.2 Å². The van der Waals surface area contributed by atoms with E-state index in [1.54, 1.807) is 30.5 Å². The summed E-state index contributed by atoms with van der Waals surface area (Å²) in [5.41, 5.74) is 3.40. The quantitative estimate of drug-likeness (QED) is 0.273. The molecule has 38 heavy (non-hydrogen) atoms. The lowest BCUT2D eigenvalue weighted by molar-refractivity contribution is 0.0471. The zero-order valence-corrected chi connectivity index (χ0v) is 21.8. The molecule has 1 aliphatic heterocycles. The van der Waals surface area contributed by atoms with Crippen LogP contribution in [0.4, 0.5) is 10.1 Å². The first-order valence-corrected chi connectivity index (χ1v) is 13.3. The van der Waals surface area contributed by atoms with Crippen LogP contribution in [0, 0.1) is 5.92 Å². The fourth-order valence-electron chi connectivity index (χ4n) is 5.07. The molecule has 3 aromatic heterocycles. The van der Waals surface area contributed by atoms with Gasteiger partial charge in [-0.2, -0.15) is 0 Å². The van der Waals surface area contributed by atoms with E-state index in [0.717, 1.165) is 29.9 Å². The molecule has 4 aromatic rings. The van der Waals surface area contributed by atoms with Crippen molar-refractivity contribution in [2.24, 2.45) is 5.92 Å². The van der Waals surface area contributed by atoms with Crippen molar-refractivity contribution in [2.45, 2.75) is 38.0 Å². The maximum atomic E-state index is 15.0. The number of pyridine rings is 1. The number of aromatic carboxylic acids is 1. The highest BCUT2D eigenvalue weighted by atomic mass is 35.5. The van der Waals surface area contributed by atoms with E-state index in [1.807, 2.05) is 6.07 Å². The average Bonchev–Trinajstić information content (AvgIpc) is 3.52. The van der Waals surface area contributed by atoms with Crippen molar-refractivity contribution in [1.29, 1.82) is 0 Å². The lowest BCUT2D eigenvalue weighted by Crippen LogP contribution is -2.43. The van der Waals surface area contributed by atoms with E-state index in [-0.39, 0.29) is 24.8 Å². The van der Waals surface area contributed by atoms with Crippen LogP contribution >= 0.6 is 23.2 Å². The summed E-state index contributed by atoms with van der Waals surface area (Å²) in [7, 11) is 0. The van der Waals surface area contributed by atoms with Gasteiger partial charge in [0.15, 0.2) is 5.69 Å². The molecule has 2 atom stereocenters. The minimum Gasteiger partial charge on any atom is -0.477 e. The topological polar surface area (TPSA) is 93.1 Å². The number of hydrogen-bond donors (Lipinski definition) is 1. The molecule has 2 unspecified atom stereocenters. The number of fused-ring (bicyclic) bond motifs is 1. The van der Waals surface area contributed by atoms with Gasteiger partial charge < -0.3 is 19.3 Å². The van der Waals surface area contributed by atoms with Crippen molar-refractivity contribution in [3.8, 4) is 11.3 Å². The summed E-state index contributed by atoms with van der Waals surface area (Å²) in [5.74, 6) is -0.345. The fourth-order valence-corrected chi connectivity index (χ4v) is 5.65. The molecule has 6 rings (SSSR count). The molecule has 4 heterocycles. The van der Waals surface area contributed by atoms with Gasteiger partial charge in [0.05, 0.1) is 35.1 Å². The third kappa shape index (κ3) is 4.74. The van der Waals surface area contributed by atoms with E-state index in [9.17, 15) is 14.3 Å².